The summed E-state index contributed by atoms with van der Waals surface area (Å²) < 4.78 is 1.93. The number of hydrogen-bond acceptors (Lipinski definition) is 3. The molecule has 1 spiro atoms. The van der Waals surface area contributed by atoms with Gasteiger partial charge in [-0.25, -0.2) is 4.98 Å². The molecule has 0 N–H and O–H groups in total. The molecule has 5 heteroatoms. The first kappa shape index (κ1) is 25.8. The van der Waals surface area contributed by atoms with Crippen LogP contribution in [0.25, 0.3) is 16.6 Å². The lowest BCUT2D eigenvalue weighted by Crippen LogP contribution is -2.53. The van der Waals surface area contributed by atoms with Gasteiger partial charge in [-0.1, -0.05) is 115 Å². The fourth-order valence-corrected chi connectivity index (χ4v) is 10.7. The smallest absolute Gasteiger partial charge is 0.266 e. The maximum absolute atomic E-state index is 14.6. The van der Waals surface area contributed by atoms with Crippen molar-refractivity contribution >= 4 is 22.5 Å². The number of piperidine rings is 1. The number of halogens is 1. The first-order valence-corrected chi connectivity index (χ1v) is 16.3. The number of aromatic nitrogens is 2. The minimum atomic E-state index is -0.741. The molecule has 5 aromatic carbocycles. The van der Waals surface area contributed by atoms with Crippen LogP contribution in [0.15, 0.2) is 138 Å². The summed E-state index contributed by atoms with van der Waals surface area (Å²) in [5.41, 5.74) is 5.14. The predicted molar refractivity (Wildman–Crippen MR) is 178 cm³/mol. The average Bonchev–Trinajstić information content (AvgIpc) is 3.32. The van der Waals surface area contributed by atoms with Gasteiger partial charge in [0.15, 0.2) is 0 Å². The molecule has 0 bridgehead atoms. The Hall–Kier alpha value is -4.51. The van der Waals surface area contributed by atoms with Crippen molar-refractivity contribution in [2.75, 3.05) is 6.54 Å². The van der Waals surface area contributed by atoms with Crippen molar-refractivity contribution < 1.29 is 0 Å². The highest BCUT2D eigenvalue weighted by Crippen LogP contribution is 2.89. The predicted octanol–water partition coefficient (Wildman–Crippen LogP) is 7.75. The molecule has 4 heterocycles. The van der Waals surface area contributed by atoms with E-state index in [4.69, 9.17) is 16.6 Å². The zero-order valence-electron chi connectivity index (χ0n) is 24.6. The molecule has 1 aliphatic carbocycles. The normalized spacial score (nSPS) is 29.0. The summed E-state index contributed by atoms with van der Waals surface area (Å²) in [6.45, 7) is 0.921. The Morgan fingerprint density at radius 3 is 2.18 bits per heavy atom. The third kappa shape index (κ3) is 2.77. The van der Waals surface area contributed by atoms with E-state index in [1.807, 2.05) is 41.0 Å². The van der Waals surface area contributed by atoms with E-state index in [1.54, 1.807) is 0 Å². The monoisotopic (exact) mass is 603 g/mol. The van der Waals surface area contributed by atoms with Crippen LogP contribution in [0.3, 0.4) is 0 Å². The lowest BCUT2D eigenvalue weighted by Gasteiger charge is -2.44. The second kappa shape index (κ2) is 8.81. The number of nitrogens with zero attached hydrogens (tertiary/aromatic N) is 3. The first-order valence-electron chi connectivity index (χ1n) is 15.9. The van der Waals surface area contributed by atoms with E-state index in [0.717, 1.165) is 42.0 Å². The number of rotatable bonds is 3. The van der Waals surface area contributed by atoms with Crippen LogP contribution in [0.1, 0.15) is 46.8 Å². The summed E-state index contributed by atoms with van der Waals surface area (Å²) in [5, 5.41) is 1.31. The minimum Gasteiger partial charge on any atom is -0.282 e. The fourth-order valence-electron chi connectivity index (χ4n) is 10.5. The Morgan fingerprint density at radius 1 is 0.756 bits per heavy atom. The molecule has 4 nitrogen and oxygen atoms in total. The van der Waals surface area contributed by atoms with Crippen LogP contribution >= 0.6 is 11.6 Å². The fraction of sp³-hybridized carbons (Fsp3) is 0.200. The molecule has 218 valence electrons. The third-order valence-electron chi connectivity index (χ3n) is 11.5. The molecule has 3 fully saturated rings. The summed E-state index contributed by atoms with van der Waals surface area (Å²) in [5.74, 6) is 0.951. The highest BCUT2D eigenvalue weighted by molar-refractivity contribution is 6.30. The summed E-state index contributed by atoms with van der Waals surface area (Å²) >= 11 is 6.95. The van der Waals surface area contributed by atoms with Gasteiger partial charge < -0.3 is 0 Å². The van der Waals surface area contributed by atoms with E-state index in [9.17, 15) is 4.79 Å². The van der Waals surface area contributed by atoms with Crippen molar-refractivity contribution in [1.82, 2.24) is 14.5 Å². The van der Waals surface area contributed by atoms with Crippen molar-refractivity contribution in [2.24, 2.45) is 0 Å². The largest absolute Gasteiger partial charge is 0.282 e. The Kier molecular flexibility index (Phi) is 5.05. The second-order valence-electron chi connectivity index (χ2n) is 13.1. The van der Waals surface area contributed by atoms with E-state index < -0.39 is 11.0 Å². The van der Waals surface area contributed by atoms with Crippen LogP contribution < -0.4 is 5.56 Å². The molecule has 1 saturated carbocycles. The van der Waals surface area contributed by atoms with Gasteiger partial charge in [0.2, 0.25) is 0 Å². The maximum atomic E-state index is 14.6. The Balaban J connectivity index is 1.46. The topological polar surface area (TPSA) is 38.1 Å². The highest BCUT2D eigenvalue weighted by atomic mass is 35.5. The molecular formula is C40H30ClN3O. The molecule has 2 saturated heterocycles. The minimum absolute atomic E-state index is 0.0240. The number of para-hydroxylation sites is 1. The van der Waals surface area contributed by atoms with Crippen molar-refractivity contribution in [3.63, 3.8) is 0 Å². The number of benzene rings is 5. The van der Waals surface area contributed by atoms with Gasteiger partial charge >= 0.3 is 0 Å². The summed E-state index contributed by atoms with van der Waals surface area (Å²) in [4.78, 5) is 22.9. The highest BCUT2D eigenvalue weighted by Gasteiger charge is 2.95. The molecule has 10 rings (SSSR count). The van der Waals surface area contributed by atoms with Crippen molar-refractivity contribution in [3.05, 3.63) is 177 Å². The SMILES string of the molecule is O=c1c2ccccc2nc2n1-c1ccc(Cl)cc1[C@@]21N2CCC[C@@H]2[C@]2(c3ccccc3)[C@@H](c3ccccc3)[C@@]21c1ccccc1. The van der Waals surface area contributed by atoms with Crippen LogP contribution in [0.5, 0.6) is 0 Å². The van der Waals surface area contributed by atoms with E-state index in [0.29, 0.717) is 10.4 Å². The molecule has 1 aromatic heterocycles. The van der Waals surface area contributed by atoms with Crippen LogP contribution in [0, 0.1) is 0 Å². The molecule has 4 aliphatic rings. The van der Waals surface area contributed by atoms with E-state index in [1.165, 1.54) is 16.7 Å². The summed E-state index contributed by atoms with van der Waals surface area (Å²) in [6.07, 6.45) is 2.16. The molecule has 45 heavy (non-hydrogen) atoms. The van der Waals surface area contributed by atoms with Crippen LogP contribution in [0.2, 0.25) is 5.02 Å². The molecule has 0 radical (unpaired) electrons. The van der Waals surface area contributed by atoms with Crippen LogP contribution in [-0.2, 0) is 16.4 Å². The Labute approximate surface area is 266 Å². The van der Waals surface area contributed by atoms with Gasteiger partial charge in [0.25, 0.3) is 5.56 Å². The zero-order chi connectivity index (χ0) is 30.0. The Bertz CT molecular complexity index is 2220. The van der Waals surface area contributed by atoms with E-state index >= 15 is 0 Å². The Morgan fingerprint density at radius 2 is 1.42 bits per heavy atom. The van der Waals surface area contributed by atoms with Crippen molar-refractivity contribution in [2.45, 2.75) is 41.2 Å². The summed E-state index contributed by atoms with van der Waals surface area (Å²) in [6, 6.07) is 47.4. The zero-order valence-corrected chi connectivity index (χ0v) is 25.4. The summed E-state index contributed by atoms with van der Waals surface area (Å²) in [7, 11) is 0. The van der Waals surface area contributed by atoms with Crippen molar-refractivity contribution in [1.29, 1.82) is 0 Å². The average molecular weight is 604 g/mol. The second-order valence-corrected chi connectivity index (χ2v) is 13.5. The van der Waals surface area contributed by atoms with Gasteiger partial charge in [0, 0.05) is 33.4 Å². The van der Waals surface area contributed by atoms with Crippen LogP contribution in [0.4, 0.5) is 0 Å². The molecule has 5 atom stereocenters. The van der Waals surface area contributed by atoms with E-state index in [2.05, 4.69) is 102 Å². The van der Waals surface area contributed by atoms with Gasteiger partial charge in [-0.3, -0.25) is 14.3 Å². The van der Waals surface area contributed by atoms with Gasteiger partial charge in [-0.05, 0) is 66.4 Å². The lowest BCUT2D eigenvalue weighted by atomic mass is 9.67. The molecule has 0 amide bonds. The molecule has 0 unspecified atom stereocenters. The first-order chi connectivity index (χ1) is 22.2. The molecule has 6 aromatic rings. The van der Waals surface area contributed by atoms with Gasteiger partial charge in [0.05, 0.1) is 16.6 Å². The van der Waals surface area contributed by atoms with E-state index in [-0.39, 0.29) is 22.9 Å². The third-order valence-corrected chi connectivity index (χ3v) is 11.8. The number of hydrogen-bond donors (Lipinski definition) is 0. The van der Waals surface area contributed by atoms with Gasteiger partial charge in [-0.15, -0.1) is 0 Å². The van der Waals surface area contributed by atoms with Gasteiger partial charge in [0.1, 0.15) is 11.4 Å². The molecular weight excluding hydrogens is 574 g/mol. The standard InChI is InChI=1S/C40H30ClN3O/c41-29-22-23-33-31(25-29)40(37-42-32-20-11-10-19-30(32)36(45)44(33)37)39(28-17-8-3-9-18-28)35(26-13-4-1-5-14-26)38(39,27-15-6-2-7-16-27)34-21-12-24-43(34)40/h1-11,13-20,22-23,25,34-35H,12,21,24H2/t34-,35-,38-,39+,40-/m1/s1. The lowest BCUT2D eigenvalue weighted by molar-refractivity contribution is 0.109. The van der Waals surface area contributed by atoms with Crippen molar-refractivity contribution in [3.8, 4) is 5.69 Å². The number of fused-ring (bicyclic) bond motifs is 11. The quantitative estimate of drug-likeness (QED) is 0.208. The van der Waals surface area contributed by atoms with Gasteiger partial charge in [-0.2, -0.15) is 0 Å². The maximum Gasteiger partial charge on any atom is 0.266 e. The van der Waals surface area contributed by atoms with Crippen LogP contribution in [-0.4, -0.2) is 27.0 Å². The molecule has 3 aliphatic heterocycles.